The van der Waals surface area contributed by atoms with Crippen molar-refractivity contribution in [2.45, 2.75) is 20.3 Å². The number of imide groups is 1. The van der Waals surface area contributed by atoms with Crippen LogP contribution in [0.2, 0.25) is 0 Å². The summed E-state index contributed by atoms with van der Waals surface area (Å²) in [5.74, 6) is -1.67. The highest BCUT2D eigenvalue weighted by molar-refractivity contribution is 6.23. The van der Waals surface area contributed by atoms with E-state index < -0.39 is 18.5 Å². The van der Waals surface area contributed by atoms with E-state index in [4.69, 9.17) is 4.74 Å². The summed E-state index contributed by atoms with van der Waals surface area (Å²) in [7, 11) is 0. The summed E-state index contributed by atoms with van der Waals surface area (Å²) >= 11 is 0. The van der Waals surface area contributed by atoms with Crippen molar-refractivity contribution in [3.05, 3.63) is 71.3 Å². The lowest BCUT2D eigenvalue weighted by molar-refractivity contribution is -0.123. The fraction of sp³-hybridized carbons (Fsp3) is 0.308. The van der Waals surface area contributed by atoms with Crippen LogP contribution in [0.4, 0.5) is 11.4 Å². The Morgan fingerprint density at radius 2 is 1.70 bits per heavy atom. The van der Waals surface area contributed by atoms with Crippen LogP contribution >= 0.6 is 0 Å². The molecule has 1 aliphatic heterocycles. The zero-order valence-electron chi connectivity index (χ0n) is 18.4. The monoisotopic (exact) mass is 444 g/mol. The van der Waals surface area contributed by atoms with Gasteiger partial charge in [0, 0.05) is 5.69 Å². The highest BCUT2D eigenvalue weighted by atomic mass is 16.5. The number of hydrogen-bond donors (Lipinski definition) is 1. The number of aryl methyl sites for hydroxylation is 1. The Bertz CT molecular complexity index is 1200. The molecule has 2 aromatic rings. The van der Waals surface area contributed by atoms with Crippen LogP contribution in [0.5, 0.6) is 0 Å². The van der Waals surface area contributed by atoms with Crippen LogP contribution in [0.15, 0.2) is 60.2 Å². The van der Waals surface area contributed by atoms with Crippen molar-refractivity contribution in [1.82, 2.24) is 0 Å². The molecule has 7 heteroatoms. The third-order valence-electron chi connectivity index (χ3n) is 7.00. The number of rotatable bonds is 5. The molecule has 4 atom stereocenters. The molecule has 5 rings (SSSR count). The van der Waals surface area contributed by atoms with Gasteiger partial charge in [0.05, 0.1) is 23.1 Å². The Balaban J connectivity index is 1.22. The molecular formula is C26H24N2O5. The lowest BCUT2D eigenvalue weighted by Gasteiger charge is -2.19. The smallest absolute Gasteiger partial charge is 0.338 e. The number of amides is 3. The molecule has 1 saturated heterocycles. The first kappa shape index (κ1) is 21.1. The third-order valence-corrected chi connectivity index (χ3v) is 7.00. The van der Waals surface area contributed by atoms with Gasteiger partial charge >= 0.3 is 5.97 Å². The Morgan fingerprint density at radius 1 is 1.00 bits per heavy atom. The van der Waals surface area contributed by atoms with E-state index in [1.807, 2.05) is 32.0 Å². The minimum absolute atomic E-state index is 0.140. The number of carbonyl (C=O) groups is 4. The van der Waals surface area contributed by atoms with E-state index in [0.717, 1.165) is 12.0 Å². The maximum absolute atomic E-state index is 13.0. The van der Waals surface area contributed by atoms with E-state index in [2.05, 4.69) is 11.4 Å². The number of nitrogens with zero attached hydrogens (tertiary/aromatic N) is 1. The van der Waals surface area contributed by atoms with Crippen molar-refractivity contribution in [2.24, 2.45) is 23.7 Å². The molecule has 168 valence electrons. The first-order chi connectivity index (χ1) is 15.8. The maximum Gasteiger partial charge on any atom is 0.338 e. The van der Waals surface area contributed by atoms with Crippen LogP contribution in [-0.4, -0.2) is 30.3 Å². The summed E-state index contributed by atoms with van der Waals surface area (Å²) in [6.07, 6.45) is 3.02. The van der Waals surface area contributed by atoms with Gasteiger partial charge in [0.25, 0.3) is 5.91 Å². The number of ether oxygens (including phenoxy) is 1. The van der Waals surface area contributed by atoms with E-state index in [1.165, 1.54) is 22.6 Å². The minimum atomic E-state index is -0.657. The Kier molecular flexibility index (Phi) is 5.12. The number of nitrogens with one attached hydrogen (secondary N) is 1. The summed E-state index contributed by atoms with van der Waals surface area (Å²) in [6, 6.07) is 13.5. The van der Waals surface area contributed by atoms with Crippen LogP contribution in [0, 0.1) is 30.6 Å². The molecule has 2 fully saturated rings. The number of fused-ring (bicyclic) bond motifs is 5. The number of esters is 1. The average Bonchev–Trinajstić information content (AvgIpc) is 3.44. The molecule has 2 aliphatic carbocycles. The molecular weight excluding hydrogens is 420 g/mol. The number of anilines is 2. The van der Waals surface area contributed by atoms with Gasteiger partial charge in [-0.25, -0.2) is 4.79 Å². The van der Waals surface area contributed by atoms with Gasteiger partial charge in [-0.1, -0.05) is 29.8 Å². The number of benzene rings is 2. The van der Waals surface area contributed by atoms with Gasteiger partial charge < -0.3 is 10.1 Å². The van der Waals surface area contributed by atoms with Gasteiger partial charge in [0.2, 0.25) is 11.8 Å². The van der Waals surface area contributed by atoms with E-state index >= 15 is 0 Å². The van der Waals surface area contributed by atoms with Gasteiger partial charge in [-0.2, -0.15) is 0 Å². The second-order valence-electron chi connectivity index (χ2n) is 8.97. The standard InChI is InChI=1S/C26H24N2O5/c1-14-5-3-4-6-20(14)27-21(29)13-33-26(32)16-7-9-18(10-8-16)28-24(30)22-17-11-15(2)19(12-17)23(22)25(28)31/h3-11,17,19,22-23H,12-13H2,1-2H3,(H,27,29)/t17-,19+,22-,23+/m0/s1. The van der Waals surface area contributed by atoms with Gasteiger partial charge in [-0.05, 0) is 68.0 Å². The number of allylic oxidation sites excluding steroid dienone is 2. The molecule has 2 aromatic carbocycles. The van der Waals surface area contributed by atoms with Crippen LogP contribution in [-0.2, 0) is 19.1 Å². The van der Waals surface area contributed by atoms with E-state index in [1.54, 1.807) is 18.2 Å². The van der Waals surface area contributed by atoms with E-state index in [-0.39, 0.29) is 41.0 Å². The van der Waals surface area contributed by atoms with Crippen LogP contribution in [0.3, 0.4) is 0 Å². The molecule has 1 saturated carbocycles. The first-order valence-electron chi connectivity index (χ1n) is 11.0. The van der Waals surface area contributed by atoms with E-state index in [9.17, 15) is 19.2 Å². The minimum Gasteiger partial charge on any atom is -0.452 e. The molecule has 2 bridgehead atoms. The fourth-order valence-corrected chi connectivity index (χ4v) is 5.39. The predicted molar refractivity (Wildman–Crippen MR) is 121 cm³/mol. The topological polar surface area (TPSA) is 92.8 Å². The summed E-state index contributed by atoms with van der Waals surface area (Å²) in [5.41, 5.74) is 3.45. The molecule has 0 spiro atoms. The lowest BCUT2D eigenvalue weighted by atomic mass is 9.82. The number of para-hydroxylation sites is 1. The summed E-state index contributed by atoms with van der Waals surface area (Å²) in [5, 5.41) is 2.71. The summed E-state index contributed by atoms with van der Waals surface area (Å²) in [4.78, 5) is 51.8. The Labute approximate surface area is 191 Å². The van der Waals surface area contributed by atoms with Gasteiger partial charge in [0.1, 0.15) is 0 Å². The maximum atomic E-state index is 13.0. The van der Waals surface area contributed by atoms with Crippen molar-refractivity contribution >= 4 is 35.1 Å². The van der Waals surface area contributed by atoms with Gasteiger partial charge in [-0.15, -0.1) is 0 Å². The molecule has 3 amide bonds. The second kappa shape index (κ2) is 7.99. The van der Waals surface area contributed by atoms with Crippen LogP contribution < -0.4 is 10.2 Å². The zero-order valence-corrected chi connectivity index (χ0v) is 18.4. The SMILES string of the molecule is CC1=C[C@H]2C[C@H]1[C@H]1C(=O)N(c3ccc(C(=O)OCC(=O)Nc4ccccc4C)cc3)C(=O)[C@H]12. The second-order valence-corrected chi connectivity index (χ2v) is 8.97. The largest absolute Gasteiger partial charge is 0.452 e. The van der Waals surface area contributed by atoms with Gasteiger partial charge in [-0.3, -0.25) is 19.3 Å². The average molecular weight is 444 g/mol. The van der Waals surface area contributed by atoms with Crippen LogP contribution in [0.25, 0.3) is 0 Å². The normalized spacial score (nSPS) is 25.2. The van der Waals surface area contributed by atoms with Gasteiger partial charge in [0.15, 0.2) is 6.61 Å². The fourth-order valence-electron chi connectivity index (χ4n) is 5.39. The third kappa shape index (κ3) is 3.53. The summed E-state index contributed by atoms with van der Waals surface area (Å²) < 4.78 is 5.11. The summed E-state index contributed by atoms with van der Waals surface area (Å²) in [6.45, 7) is 3.48. The highest BCUT2D eigenvalue weighted by Gasteiger charge is 2.60. The van der Waals surface area contributed by atoms with Crippen molar-refractivity contribution < 1.29 is 23.9 Å². The van der Waals surface area contributed by atoms with Crippen molar-refractivity contribution in [3.63, 3.8) is 0 Å². The van der Waals surface area contributed by atoms with Crippen molar-refractivity contribution in [2.75, 3.05) is 16.8 Å². The Morgan fingerprint density at radius 3 is 2.42 bits per heavy atom. The number of carbonyl (C=O) groups excluding carboxylic acids is 4. The molecule has 33 heavy (non-hydrogen) atoms. The number of hydrogen-bond acceptors (Lipinski definition) is 5. The zero-order chi connectivity index (χ0) is 23.3. The molecule has 7 nitrogen and oxygen atoms in total. The molecule has 0 radical (unpaired) electrons. The van der Waals surface area contributed by atoms with Crippen molar-refractivity contribution in [3.8, 4) is 0 Å². The Hall–Kier alpha value is -3.74. The quantitative estimate of drug-likeness (QED) is 0.433. The molecule has 0 unspecified atom stereocenters. The van der Waals surface area contributed by atoms with E-state index in [0.29, 0.717) is 11.4 Å². The molecule has 0 aromatic heterocycles. The molecule has 3 aliphatic rings. The predicted octanol–water partition coefficient (Wildman–Crippen LogP) is 3.49. The first-order valence-corrected chi connectivity index (χ1v) is 11.0. The lowest BCUT2D eigenvalue weighted by Crippen LogP contribution is -2.33. The highest BCUT2D eigenvalue weighted by Crippen LogP contribution is 2.55. The van der Waals surface area contributed by atoms with Crippen LogP contribution in [0.1, 0.15) is 29.3 Å². The van der Waals surface area contributed by atoms with Crippen molar-refractivity contribution in [1.29, 1.82) is 0 Å². The molecule has 1 heterocycles. The molecule has 1 N–H and O–H groups in total.